The third-order valence-electron chi connectivity index (χ3n) is 1.20. The number of aromatic nitrogens is 3. The zero-order chi connectivity index (χ0) is 10.1. The fraction of sp³-hybridized carbons (Fsp3) is 0.400. The van der Waals surface area contributed by atoms with Crippen LogP contribution < -0.4 is 0 Å². The van der Waals surface area contributed by atoms with Crippen molar-refractivity contribution in [3.8, 4) is 0 Å². The monoisotopic (exact) mass is 179 g/mol. The van der Waals surface area contributed by atoms with Crippen LogP contribution in [0, 0.1) is 0 Å². The van der Waals surface area contributed by atoms with E-state index in [1.54, 1.807) is 18.7 Å². The van der Waals surface area contributed by atoms with Crippen molar-refractivity contribution in [1.29, 1.82) is 0 Å². The minimum atomic E-state index is 0.935. The first-order chi connectivity index (χ1) is 6.47. The van der Waals surface area contributed by atoms with E-state index in [1.165, 1.54) is 0 Å². The lowest BCUT2D eigenvalue weighted by Gasteiger charge is -1.85. The summed E-state index contributed by atoms with van der Waals surface area (Å²) in [5.41, 5.74) is 0.935. The van der Waals surface area contributed by atoms with Gasteiger partial charge in [0.1, 0.15) is 12.0 Å². The van der Waals surface area contributed by atoms with Gasteiger partial charge in [-0.25, -0.2) is 9.97 Å². The molecule has 0 saturated heterocycles. The quantitative estimate of drug-likeness (QED) is 0.622. The number of nitrogens with zero attached hydrogens (tertiary/aromatic N) is 3. The molecule has 2 heterocycles. The molecule has 3 nitrogen and oxygen atoms in total. The van der Waals surface area contributed by atoms with Crippen LogP contribution in [0.1, 0.15) is 27.7 Å². The molecule has 2 aromatic heterocycles. The van der Waals surface area contributed by atoms with Crippen molar-refractivity contribution >= 4 is 5.65 Å². The molecule has 2 aromatic rings. The van der Waals surface area contributed by atoms with E-state index in [-0.39, 0.29) is 0 Å². The predicted molar refractivity (Wildman–Crippen MR) is 55.7 cm³/mol. The van der Waals surface area contributed by atoms with E-state index in [4.69, 9.17) is 0 Å². The Kier molecular flexibility index (Phi) is 6.51. The van der Waals surface area contributed by atoms with Crippen molar-refractivity contribution in [1.82, 2.24) is 14.4 Å². The molecule has 0 fully saturated rings. The standard InChI is InChI=1S/C6H5N3.2C2H6/c1-2-7-5-9-4-3-8-6(1)9;2*1-2/h1-5H;2*1-2H3. The van der Waals surface area contributed by atoms with Crippen LogP contribution in [0.2, 0.25) is 0 Å². The lowest BCUT2D eigenvalue weighted by Crippen LogP contribution is -1.81. The molecule has 13 heavy (non-hydrogen) atoms. The van der Waals surface area contributed by atoms with Crippen molar-refractivity contribution in [2.75, 3.05) is 0 Å². The Bertz CT molecular complexity index is 284. The maximum absolute atomic E-state index is 4.04. The summed E-state index contributed by atoms with van der Waals surface area (Å²) in [6, 6.07) is 1.86. The Labute approximate surface area is 79.5 Å². The molecule has 0 N–H and O–H groups in total. The summed E-state index contributed by atoms with van der Waals surface area (Å²) in [5, 5.41) is 0. The van der Waals surface area contributed by atoms with E-state index in [0.717, 1.165) is 5.65 Å². The van der Waals surface area contributed by atoms with E-state index >= 15 is 0 Å². The minimum Gasteiger partial charge on any atom is -0.290 e. The fourth-order valence-electron chi connectivity index (χ4n) is 0.771. The zero-order valence-corrected chi connectivity index (χ0v) is 8.73. The highest BCUT2D eigenvalue weighted by Crippen LogP contribution is 1.94. The van der Waals surface area contributed by atoms with Crippen LogP contribution in [0.3, 0.4) is 0 Å². The summed E-state index contributed by atoms with van der Waals surface area (Å²) in [5.74, 6) is 0. The number of fused-ring (bicyclic) bond motifs is 1. The van der Waals surface area contributed by atoms with Gasteiger partial charge in [0.25, 0.3) is 0 Å². The minimum absolute atomic E-state index is 0.935. The smallest absolute Gasteiger partial charge is 0.139 e. The maximum Gasteiger partial charge on any atom is 0.139 e. The molecule has 0 spiro atoms. The van der Waals surface area contributed by atoms with Crippen LogP contribution in [-0.2, 0) is 0 Å². The second-order valence-corrected chi connectivity index (χ2v) is 1.77. The molecule has 0 aliphatic heterocycles. The molecular weight excluding hydrogens is 162 g/mol. The lowest BCUT2D eigenvalue weighted by atomic mass is 10.6. The van der Waals surface area contributed by atoms with Gasteiger partial charge in [0.15, 0.2) is 0 Å². The second-order valence-electron chi connectivity index (χ2n) is 1.77. The van der Waals surface area contributed by atoms with E-state index in [0.29, 0.717) is 0 Å². The Morgan fingerprint density at radius 1 is 1.08 bits per heavy atom. The summed E-state index contributed by atoms with van der Waals surface area (Å²) in [6.07, 6.45) is 7.06. The molecule has 0 atom stereocenters. The first kappa shape index (κ1) is 11.6. The Balaban J connectivity index is 0.000000322. The number of hydrogen-bond donors (Lipinski definition) is 0. The molecule has 0 amide bonds. The van der Waals surface area contributed by atoms with Gasteiger partial charge in [-0.1, -0.05) is 27.7 Å². The van der Waals surface area contributed by atoms with Gasteiger partial charge in [-0.3, -0.25) is 4.40 Å². The number of rotatable bonds is 0. The third-order valence-corrected chi connectivity index (χ3v) is 1.20. The van der Waals surface area contributed by atoms with Gasteiger partial charge >= 0.3 is 0 Å². The summed E-state index contributed by atoms with van der Waals surface area (Å²) < 4.78 is 1.86. The van der Waals surface area contributed by atoms with E-state index < -0.39 is 0 Å². The van der Waals surface area contributed by atoms with Crippen LogP contribution in [0.25, 0.3) is 5.65 Å². The van der Waals surface area contributed by atoms with Gasteiger partial charge in [-0.2, -0.15) is 0 Å². The normalized spacial score (nSPS) is 8.00. The summed E-state index contributed by atoms with van der Waals surface area (Å²) in [4.78, 5) is 7.95. The Hall–Kier alpha value is -1.38. The summed E-state index contributed by atoms with van der Waals surface area (Å²) >= 11 is 0. The molecule has 0 aliphatic rings. The van der Waals surface area contributed by atoms with Crippen LogP contribution in [0.15, 0.2) is 31.0 Å². The van der Waals surface area contributed by atoms with Crippen molar-refractivity contribution in [3.63, 3.8) is 0 Å². The number of imidazole rings is 1. The summed E-state index contributed by atoms with van der Waals surface area (Å²) in [6.45, 7) is 8.00. The Morgan fingerprint density at radius 2 is 1.77 bits per heavy atom. The van der Waals surface area contributed by atoms with Crippen LogP contribution >= 0.6 is 0 Å². The van der Waals surface area contributed by atoms with Gasteiger partial charge < -0.3 is 0 Å². The van der Waals surface area contributed by atoms with Gasteiger partial charge in [0.05, 0.1) is 0 Å². The molecule has 2 rings (SSSR count). The lowest BCUT2D eigenvalue weighted by molar-refractivity contribution is 1.09. The van der Waals surface area contributed by atoms with Crippen molar-refractivity contribution < 1.29 is 0 Å². The largest absolute Gasteiger partial charge is 0.290 e. The van der Waals surface area contributed by atoms with E-state index in [1.807, 2.05) is 44.4 Å². The number of hydrogen-bond acceptors (Lipinski definition) is 2. The van der Waals surface area contributed by atoms with Crippen molar-refractivity contribution in [2.45, 2.75) is 27.7 Å². The molecule has 0 aliphatic carbocycles. The van der Waals surface area contributed by atoms with Crippen molar-refractivity contribution in [3.05, 3.63) is 31.0 Å². The Morgan fingerprint density at radius 3 is 2.38 bits per heavy atom. The first-order valence-electron chi connectivity index (χ1n) is 4.69. The van der Waals surface area contributed by atoms with Gasteiger partial charge in [-0.05, 0) is 6.07 Å². The first-order valence-corrected chi connectivity index (χ1v) is 4.69. The molecule has 0 aromatic carbocycles. The maximum atomic E-state index is 4.04. The molecule has 0 unspecified atom stereocenters. The molecular formula is C10H17N3. The fourth-order valence-corrected chi connectivity index (χ4v) is 0.771. The third kappa shape index (κ3) is 3.23. The average Bonchev–Trinajstić information content (AvgIpc) is 2.71. The average molecular weight is 179 g/mol. The SMILES string of the molecule is CC.CC.c1cc2nccn2cn1. The molecule has 0 saturated carbocycles. The second kappa shape index (κ2) is 7.28. The molecule has 3 heteroatoms. The van der Waals surface area contributed by atoms with Crippen LogP contribution in [-0.4, -0.2) is 14.4 Å². The molecule has 0 bridgehead atoms. The summed E-state index contributed by atoms with van der Waals surface area (Å²) in [7, 11) is 0. The van der Waals surface area contributed by atoms with E-state index in [9.17, 15) is 0 Å². The van der Waals surface area contributed by atoms with Crippen LogP contribution in [0.5, 0.6) is 0 Å². The van der Waals surface area contributed by atoms with Gasteiger partial charge in [0, 0.05) is 18.6 Å². The van der Waals surface area contributed by atoms with Gasteiger partial charge in [-0.15, -0.1) is 0 Å². The topological polar surface area (TPSA) is 30.2 Å². The van der Waals surface area contributed by atoms with E-state index in [2.05, 4.69) is 9.97 Å². The van der Waals surface area contributed by atoms with Crippen LogP contribution in [0.4, 0.5) is 0 Å². The zero-order valence-electron chi connectivity index (χ0n) is 8.73. The van der Waals surface area contributed by atoms with Crippen molar-refractivity contribution in [2.24, 2.45) is 0 Å². The highest BCUT2D eigenvalue weighted by molar-refractivity contribution is 5.34. The van der Waals surface area contributed by atoms with Gasteiger partial charge in [0.2, 0.25) is 0 Å². The molecule has 0 radical (unpaired) electrons. The predicted octanol–water partition coefficient (Wildman–Crippen LogP) is 2.78. The highest BCUT2D eigenvalue weighted by atomic mass is 15.0. The molecule has 72 valence electrons. The highest BCUT2D eigenvalue weighted by Gasteiger charge is 1.86.